The summed E-state index contributed by atoms with van der Waals surface area (Å²) >= 11 is 0. The number of carboxylic acid groups (broad SMARTS) is 1. The summed E-state index contributed by atoms with van der Waals surface area (Å²) in [6, 6.07) is 18.4. The predicted octanol–water partition coefficient (Wildman–Crippen LogP) is 7.74. The van der Waals surface area contributed by atoms with Gasteiger partial charge in [-0.3, -0.25) is 4.79 Å². The Balaban J connectivity index is 1.92. The van der Waals surface area contributed by atoms with Gasteiger partial charge in [-0.1, -0.05) is 64.4 Å². The number of rotatable bonds is 11. The van der Waals surface area contributed by atoms with Gasteiger partial charge in [-0.15, -0.1) is 0 Å². The molecule has 0 unspecified atom stereocenters. The lowest BCUT2D eigenvalue weighted by atomic mass is 9.76. The molecule has 1 N–H and O–H groups in total. The Morgan fingerprint density at radius 3 is 2.49 bits per heavy atom. The summed E-state index contributed by atoms with van der Waals surface area (Å²) in [5.41, 5.74) is 4.20. The van der Waals surface area contributed by atoms with Gasteiger partial charge in [-0.2, -0.15) is 0 Å². The van der Waals surface area contributed by atoms with E-state index < -0.39 is 5.97 Å². The van der Waals surface area contributed by atoms with Crippen LogP contribution in [-0.2, 0) is 16.8 Å². The lowest BCUT2D eigenvalue weighted by Gasteiger charge is -2.28. The SMILES string of the molecule is CCCC(C)(C)c1cc(COc2cccc([C@@H](C)CC(=O)O)c2)ccc1-c1cc(OC)ccc1F. The van der Waals surface area contributed by atoms with Gasteiger partial charge in [0.2, 0.25) is 0 Å². The molecule has 0 radical (unpaired) electrons. The minimum Gasteiger partial charge on any atom is -0.497 e. The number of ether oxygens (including phenoxy) is 2. The molecule has 0 fully saturated rings. The van der Waals surface area contributed by atoms with Gasteiger partial charge in [0.15, 0.2) is 0 Å². The maximum absolute atomic E-state index is 14.9. The quantitative estimate of drug-likeness (QED) is 0.306. The summed E-state index contributed by atoms with van der Waals surface area (Å²) in [7, 11) is 1.58. The number of benzene rings is 3. The third kappa shape index (κ3) is 6.62. The minimum absolute atomic E-state index is 0.0710. The highest BCUT2D eigenvalue weighted by Crippen LogP contribution is 2.39. The van der Waals surface area contributed by atoms with Crippen molar-refractivity contribution in [2.45, 2.75) is 64.9 Å². The van der Waals surface area contributed by atoms with Gasteiger partial charge in [0.05, 0.1) is 13.5 Å². The Bertz CT molecular complexity index is 1170. The fraction of sp³-hybridized carbons (Fsp3) is 0.367. The maximum atomic E-state index is 14.9. The molecule has 3 aromatic carbocycles. The van der Waals surface area contributed by atoms with Crippen LogP contribution in [0.5, 0.6) is 11.5 Å². The minimum atomic E-state index is -0.821. The zero-order valence-electron chi connectivity index (χ0n) is 21.2. The highest BCUT2D eigenvalue weighted by atomic mass is 19.1. The number of carbonyl (C=O) groups is 1. The van der Waals surface area contributed by atoms with Gasteiger partial charge in [0, 0.05) is 5.56 Å². The van der Waals surface area contributed by atoms with E-state index in [1.54, 1.807) is 19.2 Å². The molecule has 0 aliphatic heterocycles. The molecule has 0 heterocycles. The van der Waals surface area contributed by atoms with E-state index in [2.05, 4.69) is 26.8 Å². The van der Waals surface area contributed by atoms with Crippen LogP contribution in [-0.4, -0.2) is 18.2 Å². The number of halogens is 1. The molecule has 0 aromatic heterocycles. The van der Waals surface area contributed by atoms with E-state index in [1.165, 1.54) is 6.07 Å². The van der Waals surface area contributed by atoms with Gasteiger partial charge in [0.25, 0.3) is 0 Å². The molecule has 3 rings (SSSR count). The molecular formula is C30H35FO4. The first-order valence-corrected chi connectivity index (χ1v) is 12.1. The van der Waals surface area contributed by atoms with Crippen molar-refractivity contribution >= 4 is 5.97 Å². The summed E-state index contributed by atoms with van der Waals surface area (Å²) < 4.78 is 26.3. The van der Waals surface area contributed by atoms with Crippen LogP contribution in [0, 0.1) is 5.82 Å². The lowest BCUT2D eigenvalue weighted by Crippen LogP contribution is -2.18. The zero-order chi connectivity index (χ0) is 25.6. The van der Waals surface area contributed by atoms with E-state index in [0.29, 0.717) is 23.7 Å². The highest BCUT2D eigenvalue weighted by Gasteiger charge is 2.25. The fourth-order valence-electron chi connectivity index (χ4n) is 4.53. The molecule has 35 heavy (non-hydrogen) atoms. The molecule has 4 nitrogen and oxygen atoms in total. The molecule has 3 aromatic rings. The van der Waals surface area contributed by atoms with Gasteiger partial charge in [0.1, 0.15) is 23.9 Å². The largest absolute Gasteiger partial charge is 0.497 e. The van der Waals surface area contributed by atoms with Crippen LogP contribution < -0.4 is 9.47 Å². The van der Waals surface area contributed by atoms with E-state index in [1.807, 2.05) is 43.3 Å². The second-order valence-electron chi connectivity index (χ2n) is 9.72. The van der Waals surface area contributed by atoms with Gasteiger partial charge >= 0.3 is 5.97 Å². The van der Waals surface area contributed by atoms with Crippen molar-refractivity contribution in [2.75, 3.05) is 7.11 Å². The number of methoxy groups -OCH3 is 1. The van der Waals surface area contributed by atoms with Crippen LogP contribution >= 0.6 is 0 Å². The molecule has 0 saturated carbocycles. The van der Waals surface area contributed by atoms with Crippen molar-refractivity contribution in [3.05, 3.63) is 83.2 Å². The Morgan fingerprint density at radius 1 is 1.03 bits per heavy atom. The van der Waals surface area contributed by atoms with Crippen LogP contribution in [0.2, 0.25) is 0 Å². The topological polar surface area (TPSA) is 55.8 Å². The van der Waals surface area contributed by atoms with E-state index in [4.69, 9.17) is 14.6 Å². The monoisotopic (exact) mass is 478 g/mol. The summed E-state index contributed by atoms with van der Waals surface area (Å²) in [5, 5.41) is 9.09. The average Bonchev–Trinajstić information content (AvgIpc) is 2.83. The van der Waals surface area contributed by atoms with Crippen LogP contribution in [0.25, 0.3) is 11.1 Å². The molecule has 1 atom stereocenters. The average molecular weight is 479 g/mol. The second-order valence-corrected chi connectivity index (χ2v) is 9.72. The van der Waals surface area contributed by atoms with Gasteiger partial charge in [-0.25, -0.2) is 4.39 Å². The van der Waals surface area contributed by atoms with Gasteiger partial charge in [-0.05, 0) is 70.3 Å². The number of hydrogen-bond acceptors (Lipinski definition) is 3. The molecular weight excluding hydrogens is 443 g/mol. The first-order valence-electron chi connectivity index (χ1n) is 12.1. The van der Waals surface area contributed by atoms with Crippen molar-refractivity contribution in [3.63, 3.8) is 0 Å². The number of carboxylic acids is 1. The molecule has 0 amide bonds. The van der Waals surface area contributed by atoms with Crippen molar-refractivity contribution in [1.29, 1.82) is 0 Å². The molecule has 0 aliphatic rings. The van der Waals surface area contributed by atoms with E-state index >= 15 is 0 Å². The van der Waals surface area contributed by atoms with Gasteiger partial charge < -0.3 is 14.6 Å². The summed E-state index contributed by atoms with van der Waals surface area (Å²) in [4.78, 5) is 11.1. The standard InChI is InChI=1S/C30H35FO4/c1-6-14-30(3,4)27-16-21(10-12-25(27)26-18-23(34-5)11-13-28(26)31)19-35-24-9-7-8-22(17-24)20(2)15-29(32)33/h7-13,16-18,20H,6,14-15,19H2,1-5H3,(H,32,33)/t20-/m0/s1. The third-order valence-corrected chi connectivity index (χ3v) is 6.47. The zero-order valence-corrected chi connectivity index (χ0v) is 21.2. The fourth-order valence-corrected chi connectivity index (χ4v) is 4.53. The molecule has 0 aliphatic carbocycles. The summed E-state index contributed by atoms with van der Waals surface area (Å²) in [5.74, 6) is 0.103. The van der Waals surface area contributed by atoms with Crippen molar-refractivity contribution < 1.29 is 23.8 Å². The van der Waals surface area contributed by atoms with E-state index in [-0.39, 0.29) is 23.6 Å². The Kier molecular flexibility index (Phi) is 8.55. The first kappa shape index (κ1) is 26.3. The molecule has 0 saturated heterocycles. The normalized spacial score (nSPS) is 12.3. The molecule has 186 valence electrons. The van der Waals surface area contributed by atoms with Crippen LogP contribution in [0.15, 0.2) is 60.7 Å². The van der Waals surface area contributed by atoms with E-state index in [0.717, 1.165) is 35.1 Å². The Hall–Kier alpha value is -3.34. The number of aliphatic carboxylic acids is 1. The Labute approximate surface area is 207 Å². The predicted molar refractivity (Wildman–Crippen MR) is 138 cm³/mol. The van der Waals surface area contributed by atoms with Crippen LogP contribution in [0.1, 0.15) is 69.6 Å². The molecule has 0 spiro atoms. The molecule has 5 heteroatoms. The smallest absolute Gasteiger partial charge is 0.303 e. The number of hydrogen-bond donors (Lipinski definition) is 1. The van der Waals surface area contributed by atoms with E-state index in [9.17, 15) is 9.18 Å². The van der Waals surface area contributed by atoms with Crippen LogP contribution in [0.3, 0.4) is 0 Å². The highest BCUT2D eigenvalue weighted by molar-refractivity contribution is 5.71. The summed E-state index contributed by atoms with van der Waals surface area (Å²) in [6.45, 7) is 8.77. The first-order chi connectivity index (χ1) is 16.6. The molecule has 0 bridgehead atoms. The second kappa shape index (κ2) is 11.4. The Morgan fingerprint density at radius 2 is 1.80 bits per heavy atom. The maximum Gasteiger partial charge on any atom is 0.303 e. The van der Waals surface area contributed by atoms with Crippen molar-refractivity contribution in [3.8, 4) is 22.6 Å². The third-order valence-electron chi connectivity index (χ3n) is 6.47. The lowest BCUT2D eigenvalue weighted by molar-refractivity contribution is -0.137. The van der Waals surface area contributed by atoms with Crippen molar-refractivity contribution in [2.24, 2.45) is 0 Å². The summed E-state index contributed by atoms with van der Waals surface area (Å²) in [6.07, 6.45) is 2.04. The van der Waals surface area contributed by atoms with Crippen molar-refractivity contribution in [1.82, 2.24) is 0 Å². The van der Waals surface area contributed by atoms with Crippen LogP contribution in [0.4, 0.5) is 4.39 Å².